The summed E-state index contributed by atoms with van der Waals surface area (Å²) in [6.45, 7) is 11.6. The van der Waals surface area contributed by atoms with Crippen molar-refractivity contribution >= 4 is 10.0 Å². The van der Waals surface area contributed by atoms with Gasteiger partial charge in [0.05, 0.1) is 11.4 Å². The minimum absolute atomic E-state index is 0.117. The van der Waals surface area contributed by atoms with Crippen LogP contribution in [0.4, 0.5) is 0 Å². The van der Waals surface area contributed by atoms with Gasteiger partial charge in [-0.2, -0.15) is 0 Å². The van der Waals surface area contributed by atoms with E-state index in [2.05, 4.69) is 18.6 Å². The number of ether oxygens (including phenoxy) is 1. The molecule has 0 aliphatic carbocycles. The van der Waals surface area contributed by atoms with Gasteiger partial charge in [0.2, 0.25) is 10.0 Å². The molecule has 0 rings (SSSR count). The Labute approximate surface area is 144 Å². The third kappa shape index (κ3) is 11.1. The van der Waals surface area contributed by atoms with Gasteiger partial charge in [-0.15, -0.1) is 0 Å². The molecule has 23 heavy (non-hydrogen) atoms. The molecule has 0 spiro atoms. The topological polar surface area (TPSA) is 55.4 Å². The van der Waals surface area contributed by atoms with Crippen LogP contribution in [-0.2, 0) is 14.8 Å². The third-order valence-corrected chi connectivity index (χ3v) is 6.42. The lowest BCUT2D eigenvalue weighted by Crippen LogP contribution is -2.38. The molecule has 0 radical (unpaired) electrons. The highest BCUT2D eigenvalue weighted by molar-refractivity contribution is 7.90. The smallest absolute Gasteiger partial charge is 0.214 e. The number of rotatable bonds is 15. The molecule has 0 aromatic heterocycles. The molecule has 0 aromatic carbocycles. The summed E-state index contributed by atoms with van der Waals surface area (Å²) in [6.07, 6.45) is 8.12. The van der Waals surface area contributed by atoms with E-state index < -0.39 is 10.0 Å². The first kappa shape index (κ1) is 22.9. The molecular formula is C18H39NO3S. The quantitative estimate of drug-likeness (QED) is 0.443. The molecule has 0 heterocycles. The maximum Gasteiger partial charge on any atom is 0.214 e. The minimum atomic E-state index is -3.24. The molecule has 0 saturated carbocycles. The highest BCUT2D eigenvalue weighted by atomic mass is 32.2. The predicted molar refractivity (Wildman–Crippen MR) is 99.2 cm³/mol. The molecule has 0 saturated heterocycles. The average molecular weight is 350 g/mol. The molecule has 0 fully saturated rings. The van der Waals surface area contributed by atoms with Gasteiger partial charge in [0.1, 0.15) is 0 Å². The Bertz CT molecular complexity index is 368. The summed E-state index contributed by atoms with van der Waals surface area (Å²) in [4.78, 5) is 0. The van der Waals surface area contributed by atoms with E-state index >= 15 is 0 Å². The first-order chi connectivity index (χ1) is 10.8. The second-order valence-corrected chi connectivity index (χ2v) is 8.88. The zero-order chi connectivity index (χ0) is 17.7. The second-order valence-electron chi connectivity index (χ2n) is 6.89. The Morgan fingerprint density at radius 3 is 2.13 bits per heavy atom. The predicted octanol–water partition coefficient (Wildman–Crippen LogP) is 4.50. The Hall–Kier alpha value is -0.130. The van der Waals surface area contributed by atoms with Gasteiger partial charge >= 0.3 is 0 Å². The van der Waals surface area contributed by atoms with Crippen LogP contribution < -0.4 is 4.72 Å². The maximum absolute atomic E-state index is 12.5. The van der Waals surface area contributed by atoms with Crippen LogP contribution in [0.1, 0.15) is 86.0 Å². The van der Waals surface area contributed by atoms with E-state index in [1.54, 1.807) is 0 Å². The fourth-order valence-electron chi connectivity index (χ4n) is 2.63. The zero-order valence-corrected chi connectivity index (χ0v) is 16.8. The number of nitrogens with one attached hydrogen (secondary N) is 1. The van der Waals surface area contributed by atoms with Crippen LogP contribution in [-0.4, -0.2) is 32.9 Å². The minimum Gasteiger partial charge on any atom is -0.379 e. The molecule has 0 bridgehead atoms. The van der Waals surface area contributed by atoms with Crippen molar-refractivity contribution in [1.29, 1.82) is 0 Å². The lowest BCUT2D eigenvalue weighted by molar-refractivity contribution is 0.0563. The Balaban J connectivity index is 4.30. The van der Waals surface area contributed by atoms with Crippen LogP contribution >= 0.6 is 0 Å². The van der Waals surface area contributed by atoms with Crippen molar-refractivity contribution in [2.45, 2.75) is 97.3 Å². The Kier molecular flexibility index (Phi) is 13.1. The third-order valence-electron chi connectivity index (χ3n) is 4.23. The normalized spacial score (nSPS) is 15.0. The summed E-state index contributed by atoms with van der Waals surface area (Å²) < 4.78 is 33.6. The Morgan fingerprint density at radius 1 is 0.913 bits per heavy atom. The van der Waals surface area contributed by atoms with Crippen molar-refractivity contribution in [2.75, 3.05) is 13.2 Å². The van der Waals surface area contributed by atoms with Crippen LogP contribution in [0.5, 0.6) is 0 Å². The molecule has 0 aliphatic rings. The van der Waals surface area contributed by atoms with E-state index in [-0.39, 0.29) is 17.3 Å². The molecule has 4 nitrogen and oxygen atoms in total. The van der Waals surface area contributed by atoms with Crippen molar-refractivity contribution in [1.82, 2.24) is 4.72 Å². The zero-order valence-electron chi connectivity index (χ0n) is 15.9. The van der Waals surface area contributed by atoms with E-state index in [9.17, 15) is 8.42 Å². The standard InChI is InChI=1S/C18H39NO3S/c1-6-8-10-11-14-19-23(20,21)18(16(3)4)13-12-17(5)22-15-9-7-2/h16-19H,6-15H2,1-5H3. The van der Waals surface area contributed by atoms with Crippen molar-refractivity contribution in [2.24, 2.45) is 5.92 Å². The SMILES string of the molecule is CCCCCCNS(=O)(=O)C(CCC(C)OCCCC)C(C)C. The number of hydrogen-bond donors (Lipinski definition) is 1. The lowest BCUT2D eigenvalue weighted by Gasteiger charge is -2.23. The summed E-state index contributed by atoms with van der Waals surface area (Å²) in [7, 11) is -3.24. The summed E-state index contributed by atoms with van der Waals surface area (Å²) in [5, 5.41) is -0.328. The van der Waals surface area contributed by atoms with Gasteiger partial charge in [-0.3, -0.25) is 0 Å². The molecule has 1 N–H and O–H groups in total. The first-order valence-electron chi connectivity index (χ1n) is 9.45. The van der Waals surface area contributed by atoms with Crippen molar-refractivity contribution in [3.63, 3.8) is 0 Å². The molecule has 5 heteroatoms. The number of hydrogen-bond acceptors (Lipinski definition) is 3. The van der Waals surface area contributed by atoms with E-state index in [4.69, 9.17) is 4.74 Å². The van der Waals surface area contributed by atoms with Crippen molar-refractivity contribution < 1.29 is 13.2 Å². The summed E-state index contributed by atoms with van der Waals surface area (Å²) >= 11 is 0. The first-order valence-corrected chi connectivity index (χ1v) is 11.0. The fourth-order valence-corrected chi connectivity index (χ4v) is 4.44. The molecular weight excluding hydrogens is 310 g/mol. The van der Waals surface area contributed by atoms with E-state index in [0.29, 0.717) is 13.0 Å². The van der Waals surface area contributed by atoms with Gasteiger partial charge in [-0.25, -0.2) is 13.1 Å². The highest BCUT2D eigenvalue weighted by Crippen LogP contribution is 2.19. The van der Waals surface area contributed by atoms with Gasteiger partial charge in [0.25, 0.3) is 0 Å². The van der Waals surface area contributed by atoms with Gasteiger partial charge in [-0.05, 0) is 38.5 Å². The molecule has 0 aromatic rings. The van der Waals surface area contributed by atoms with Gasteiger partial charge < -0.3 is 4.74 Å². The molecule has 2 unspecified atom stereocenters. The van der Waals surface area contributed by atoms with Gasteiger partial charge in [-0.1, -0.05) is 53.4 Å². The largest absolute Gasteiger partial charge is 0.379 e. The average Bonchev–Trinajstić information content (AvgIpc) is 2.46. The highest BCUT2D eigenvalue weighted by Gasteiger charge is 2.28. The van der Waals surface area contributed by atoms with Crippen LogP contribution in [0.25, 0.3) is 0 Å². The second kappa shape index (κ2) is 13.2. The Morgan fingerprint density at radius 2 is 1.57 bits per heavy atom. The van der Waals surface area contributed by atoms with Crippen LogP contribution in [0.2, 0.25) is 0 Å². The van der Waals surface area contributed by atoms with Crippen molar-refractivity contribution in [3.8, 4) is 0 Å². The van der Waals surface area contributed by atoms with E-state index in [1.807, 2.05) is 20.8 Å². The van der Waals surface area contributed by atoms with Crippen LogP contribution in [0, 0.1) is 5.92 Å². The summed E-state index contributed by atoms with van der Waals surface area (Å²) in [6, 6.07) is 0. The lowest BCUT2D eigenvalue weighted by atomic mass is 10.0. The number of unbranched alkanes of at least 4 members (excludes halogenated alkanes) is 4. The van der Waals surface area contributed by atoms with Crippen molar-refractivity contribution in [3.05, 3.63) is 0 Å². The van der Waals surface area contributed by atoms with E-state index in [0.717, 1.165) is 45.1 Å². The summed E-state index contributed by atoms with van der Waals surface area (Å²) in [5.74, 6) is 0.117. The van der Waals surface area contributed by atoms with E-state index in [1.165, 1.54) is 6.42 Å². The summed E-state index contributed by atoms with van der Waals surface area (Å²) in [5.41, 5.74) is 0. The fraction of sp³-hybridized carbons (Fsp3) is 1.00. The van der Waals surface area contributed by atoms with Gasteiger partial charge in [0.15, 0.2) is 0 Å². The molecule has 0 aliphatic heterocycles. The molecule has 2 atom stereocenters. The van der Waals surface area contributed by atoms with Gasteiger partial charge in [0, 0.05) is 13.2 Å². The van der Waals surface area contributed by atoms with Crippen LogP contribution in [0.3, 0.4) is 0 Å². The monoisotopic (exact) mass is 349 g/mol. The molecule has 0 amide bonds. The number of sulfonamides is 1. The van der Waals surface area contributed by atoms with Crippen LogP contribution in [0.15, 0.2) is 0 Å². The maximum atomic E-state index is 12.5. The molecule has 140 valence electrons.